The minimum absolute atomic E-state index is 0.0128. The second-order valence-corrected chi connectivity index (χ2v) is 9.30. The molecule has 4 rings (SSSR count). The fourth-order valence-corrected chi connectivity index (χ4v) is 4.27. The molecule has 8 heteroatoms. The van der Waals surface area contributed by atoms with Crippen molar-refractivity contribution in [3.05, 3.63) is 76.3 Å². The summed E-state index contributed by atoms with van der Waals surface area (Å²) in [5.74, 6) is -1.15. The van der Waals surface area contributed by atoms with Crippen LogP contribution in [-0.4, -0.2) is 34.1 Å². The number of aromatic nitrogens is 2. The van der Waals surface area contributed by atoms with Crippen molar-refractivity contribution in [3.8, 4) is 5.75 Å². The van der Waals surface area contributed by atoms with E-state index in [1.165, 1.54) is 10.4 Å². The molecular weight excluding hydrogens is 426 g/mol. The zero-order valence-electron chi connectivity index (χ0n) is 18.2. The monoisotopic (exact) mass is 449 g/mol. The fourth-order valence-electron chi connectivity index (χ4n) is 3.69. The Balaban J connectivity index is 1.88. The number of nitrogens with zero attached hydrogens (tertiary/aromatic N) is 3. The van der Waals surface area contributed by atoms with Gasteiger partial charge in [0.1, 0.15) is 17.0 Å². The van der Waals surface area contributed by atoms with Crippen molar-refractivity contribution >= 4 is 33.9 Å². The molecule has 3 aromatic rings. The summed E-state index contributed by atoms with van der Waals surface area (Å²) in [6.07, 6.45) is 0. The van der Waals surface area contributed by atoms with Crippen LogP contribution in [0.5, 0.6) is 5.75 Å². The van der Waals surface area contributed by atoms with Gasteiger partial charge >= 0.3 is 5.91 Å². The number of amides is 1. The van der Waals surface area contributed by atoms with Crippen molar-refractivity contribution in [2.24, 2.45) is 0 Å². The van der Waals surface area contributed by atoms with Gasteiger partial charge in [-0.1, -0.05) is 56.4 Å². The summed E-state index contributed by atoms with van der Waals surface area (Å²) in [5, 5.41) is 19.2. The first kappa shape index (κ1) is 21.7. The molecule has 1 unspecified atom stereocenters. The predicted molar refractivity (Wildman–Crippen MR) is 123 cm³/mol. The zero-order chi connectivity index (χ0) is 23.0. The van der Waals surface area contributed by atoms with Gasteiger partial charge < -0.3 is 9.84 Å². The van der Waals surface area contributed by atoms with Crippen molar-refractivity contribution in [2.45, 2.75) is 32.2 Å². The Hall–Kier alpha value is -3.52. The van der Waals surface area contributed by atoms with Crippen LogP contribution in [0.25, 0.3) is 5.76 Å². The third-order valence-electron chi connectivity index (χ3n) is 5.45. The smallest absolute Gasteiger partial charge is 0.301 e. The molecule has 0 saturated carbocycles. The fraction of sp³-hybridized carbons (Fsp3) is 0.250. The number of methoxy groups -OCH3 is 1. The Morgan fingerprint density at radius 3 is 2.25 bits per heavy atom. The van der Waals surface area contributed by atoms with E-state index in [4.69, 9.17) is 4.74 Å². The molecule has 1 aliphatic rings. The first-order valence-corrected chi connectivity index (χ1v) is 10.9. The first-order valence-electron chi connectivity index (χ1n) is 10.0. The molecule has 1 aliphatic heterocycles. The normalized spacial score (nSPS) is 18.2. The molecule has 1 atom stereocenters. The van der Waals surface area contributed by atoms with Gasteiger partial charge in [-0.25, -0.2) is 0 Å². The van der Waals surface area contributed by atoms with Gasteiger partial charge in [-0.3, -0.25) is 14.5 Å². The number of hydrogen-bond donors (Lipinski definition) is 1. The number of ether oxygens (including phenoxy) is 1. The molecule has 2 aromatic carbocycles. The maximum atomic E-state index is 13.1. The van der Waals surface area contributed by atoms with E-state index in [2.05, 4.69) is 31.0 Å². The minimum Gasteiger partial charge on any atom is -0.507 e. The maximum absolute atomic E-state index is 13.1. The Labute approximate surface area is 190 Å². The van der Waals surface area contributed by atoms with Crippen LogP contribution in [0.1, 0.15) is 43.5 Å². The van der Waals surface area contributed by atoms with E-state index < -0.39 is 17.7 Å². The molecule has 2 heterocycles. The standard InChI is InChI=1S/C24H23N3O4S/c1-24(2,3)16-9-5-14(6-10-16)19-18(20(28)15-7-11-17(31-4)12-8-15)21(29)22(30)27(19)23-26-25-13-32-23/h5-13,19,28H,1-4H3. The molecular formula is C24H23N3O4S. The summed E-state index contributed by atoms with van der Waals surface area (Å²) in [7, 11) is 1.55. The zero-order valence-corrected chi connectivity index (χ0v) is 19.0. The number of benzene rings is 2. The van der Waals surface area contributed by atoms with Crippen molar-refractivity contribution in [1.82, 2.24) is 10.2 Å². The number of anilines is 1. The van der Waals surface area contributed by atoms with Gasteiger partial charge in [0.25, 0.3) is 5.78 Å². The molecule has 164 valence electrons. The highest BCUT2D eigenvalue weighted by molar-refractivity contribution is 7.13. The van der Waals surface area contributed by atoms with Crippen molar-refractivity contribution in [1.29, 1.82) is 0 Å². The third-order valence-corrected chi connectivity index (χ3v) is 6.14. The second-order valence-electron chi connectivity index (χ2n) is 8.49. The van der Waals surface area contributed by atoms with Crippen molar-refractivity contribution in [3.63, 3.8) is 0 Å². The minimum atomic E-state index is -0.820. The number of rotatable bonds is 4. The molecule has 0 aliphatic carbocycles. The van der Waals surface area contributed by atoms with Crippen LogP contribution >= 0.6 is 11.3 Å². The van der Waals surface area contributed by atoms with Gasteiger partial charge in [-0.05, 0) is 40.8 Å². The number of ketones is 1. The van der Waals surface area contributed by atoms with Crippen molar-refractivity contribution < 1.29 is 19.4 Å². The van der Waals surface area contributed by atoms with Gasteiger partial charge in [-0.15, -0.1) is 10.2 Å². The number of carbonyl (C=O) groups is 2. The first-order chi connectivity index (χ1) is 15.2. The molecule has 7 nitrogen and oxygen atoms in total. The molecule has 0 radical (unpaired) electrons. The van der Waals surface area contributed by atoms with Gasteiger partial charge in [0.2, 0.25) is 5.13 Å². The predicted octanol–water partition coefficient (Wildman–Crippen LogP) is 4.47. The van der Waals surface area contributed by atoms with Crippen LogP contribution < -0.4 is 9.64 Å². The number of Topliss-reactive ketones (excluding diaryl/α,β-unsaturated/α-hetero) is 1. The summed E-state index contributed by atoms with van der Waals surface area (Å²) < 4.78 is 5.17. The quantitative estimate of drug-likeness (QED) is 0.359. The lowest BCUT2D eigenvalue weighted by Crippen LogP contribution is -2.29. The van der Waals surface area contributed by atoms with Crippen molar-refractivity contribution in [2.75, 3.05) is 12.0 Å². The molecule has 1 N–H and O–H groups in total. The van der Waals surface area contributed by atoms with Gasteiger partial charge in [-0.2, -0.15) is 0 Å². The van der Waals surface area contributed by atoms with Crippen LogP contribution in [0, 0.1) is 0 Å². The van der Waals surface area contributed by atoms with E-state index in [-0.39, 0.29) is 16.7 Å². The van der Waals surface area contributed by atoms with Gasteiger partial charge in [0.05, 0.1) is 18.7 Å². The van der Waals surface area contributed by atoms with E-state index in [0.717, 1.165) is 16.9 Å². The Bertz CT molecular complexity index is 1180. The van der Waals surface area contributed by atoms with Crippen LogP contribution in [0.2, 0.25) is 0 Å². The summed E-state index contributed by atoms with van der Waals surface area (Å²) in [4.78, 5) is 27.4. The second kappa shape index (κ2) is 8.20. The van der Waals surface area contributed by atoms with E-state index in [1.54, 1.807) is 31.4 Å². The highest BCUT2D eigenvalue weighted by Gasteiger charge is 2.48. The molecule has 0 bridgehead atoms. The molecule has 32 heavy (non-hydrogen) atoms. The molecule has 1 saturated heterocycles. The molecule has 0 spiro atoms. The molecule has 1 aromatic heterocycles. The summed E-state index contributed by atoms with van der Waals surface area (Å²) in [5.41, 5.74) is 3.68. The third kappa shape index (κ3) is 3.78. The highest BCUT2D eigenvalue weighted by atomic mass is 32.1. The molecule has 1 fully saturated rings. The summed E-state index contributed by atoms with van der Waals surface area (Å²) in [6, 6.07) is 13.6. The van der Waals surface area contributed by atoms with Crippen LogP contribution in [0.4, 0.5) is 5.13 Å². The average Bonchev–Trinajstić information content (AvgIpc) is 3.40. The topological polar surface area (TPSA) is 92.6 Å². The van der Waals surface area contributed by atoms with Gasteiger partial charge in [0.15, 0.2) is 0 Å². The maximum Gasteiger partial charge on any atom is 0.301 e. The van der Waals surface area contributed by atoms with E-state index in [9.17, 15) is 14.7 Å². The SMILES string of the molecule is COc1ccc(C(O)=C2C(=O)C(=O)N(c3nncs3)C2c2ccc(C(C)(C)C)cc2)cc1. The van der Waals surface area contributed by atoms with Crippen LogP contribution in [0.3, 0.4) is 0 Å². The van der Waals surface area contributed by atoms with E-state index in [0.29, 0.717) is 22.0 Å². The Morgan fingerprint density at radius 2 is 1.72 bits per heavy atom. The highest BCUT2D eigenvalue weighted by Crippen LogP contribution is 2.43. The summed E-state index contributed by atoms with van der Waals surface area (Å²) in [6.45, 7) is 6.33. The number of aliphatic hydroxyl groups is 1. The lowest BCUT2D eigenvalue weighted by atomic mass is 9.85. The van der Waals surface area contributed by atoms with Crippen LogP contribution in [-0.2, 0) is 15.0 Å². The molecule has 1 amide bonds. The van der Waals surface area contributed by atoms with E-state index >= 15 is 0 Å². The van der Waals surface area contributed by atoms with Gasteiger partial charge in [0, 0.05) is 5.56 Å². The number of hydrogen-bond acceptors (Lipinski definition) is 7. The number of carbonyl (C=O) groups excluding carboxylic acids is 2. The average molecular weight is 450 g/mol. The lowest BCUT2D eigenvalue weighted by Gasteiger charge is -2.24. The lowest BCUT2D eigenvalue weighted by molar-refractivity contribution is -0.132. The number of aliphatic hydroxyl groups excluding tert-OH is 1. The largest absolute Gasteiger partial charge is 0.507 e. The Morgan fingerprint density at radius 1 is 1.06 bits per heavy atom. The van der Waals surface area contributed by atoms with Crippen LogP contribution in [0.15, 0.2) is 59.6 Å². The summed E-state index contributed by atoms with van der Waals surface area (Å²) >= 11 is 1.16. The Kier molecular flexibility index (Phi) is 5.56. The van der Waals surface area contributed by atoms with E-state index in [1.807, 2.05) is 24.3 Å².